The molecule has 1 aromatic carbocycles. The molecule has 6 nitrogen and oxygen atoms in total. The van der Waals surface area contributed by atoms with Crippen LogP contribution in [0.25, 0.3) is 0 Å². The molecule has 1 atom stereocenters. The zero-order chi connectivity index (χ0) is 14.2. The molecular weight excluding hydrogens is 321 g/mol. The van der Waals surface area contributed by atoms with Crippen LogP contribution in [-0.4, -0.2) is 23.9 Å². The standard InChI is InChI=1S/C11H11BrFN3O3/c12-8-2-7(13)3-9(16(18)19)11(8)15-5-6(4-14)1-10(15)17/h2-3,6H,1,4-5,14H2. The number of carbonyl (C=O) groups is 1. The van der Waals surface area contributed by atoms with Gasteiger partial charge in [0.05, 0.1) is 15.5 Å². The van der Waals surface area contributed by atoms with Gasteiger partial charge in [0.1, 0.15) is 11.5 Å². The molecule has 1 fully saturated rings. The van der Waals surface area contributed by atoms with Gasteiger partial charge in [0.25, 0.3) is 5.69 Å². The number of nitro groups is 1. The van der Waals surface area contributed by atoms with Gasteiger partial charge < -0.3 is 10.6 Å². The quantitative estimate of drug-likeness (QED) is 0.675. The number of anilines is 1. The van der Waals surface area contributed by atoms with Crippen molar-refractivity contribution in [2.45, 2.75) is 6.42 Å². The second-order valence-electron chi connectivity index (χ2n) is 4.32. The zero-order valence-corrected chi connectivity index (χ0v) is 11.4. The Hall–Kier alpha value is -1.54. The van der Waals surface area contributed by atoms with Gasteiger partial charge >= 0.3 is 0 Å². The van der Waals surface area contributed by atoms with Crippen LogP contribution in [0.15, 0.2) is 16.6 Å². The Morgan fingerprint density at radius 3 is 2.79 bits per heavy atom. The highest BCUT2D eigenvalue weighted by Crippen LogP contribution is 2.39. The normalized spacial score (nSPS) is 19.0. The molecular formula is C11H11BrFN3O3. The molecule has 1 aliphatic rings. The first-order valence-electron chi connectivity index (χ1n) is 5.58. The molecule has 0 aromatic heterocycles. The van der Waals surface area contributed by atoms with Gasteiger partial charge in [-0.1, -0.05) is 0 Å². The maximum atomic E-state index is 13.2. The number of nitrogens with zero attached hydrogens (tertiary/aromatic N) is 2. The van der Waals surface area contributed by atoms with Crippen molar-refractivity contribution in [2.24, 2.45) is 11.7 Å². The minimum atomic E-state index is -0.732. The van der Waals surface area contributed by atoms with Crippen molar-refractivity contribution in [1.82, 2.24) is 0 Å². The van der Waals surface area contributed by atoms with E-state index in [-0.39, 0.29) is 28.4 Å². The fourth-order valence-corrected chi connectivity index (χ4v) is 2.75. The van der Waals surface area contributed by atoms with Gasteiger partial charge in [-0.05, 0) is 34.5 Å². The van der Waals surface area contributed by atoms with E-state index in [2.05, 4.69) is 15.9 Å². The molecule has 0 radical (unpaired) electrons. The second-order valence-corrected chi connectivity index (χ2v) is 5.18. The highest BCUT2D eigenvalue weighted by atomic mass is 79.9. The number of hydrogen-bond acceptors (Lipinski definition) is 4. The van der Waals surface area contributed by atoms with Crippen LogP contribution in [-0.2, 0) is 4.79 Å². The van der Waals surface area contributed by atoms with E-state index in [1.165, 1.54) is 4.90 Å². The third kappa shape index (κ3) is 2.59. The smallest absolute Gasteiger partial charge is 0.297 e. The molecule has 8 heteroatoms. The summed E-state index contributed by atoms with van der Waals surface area (Å²) in [5, 5.41) is 11.0. The zero-order valence-electron chi connectivity index (χ0n) is 9.81. The average molecular weight is 332 g/mol. The SMILES string of the molecule is NCC1CC(=O)N(c2c(Br)cc(F)cc2[N+](=O)[O-])C1. The number of benzene rings is 1. The van der Waals surface area contributed by atoms with Crippen molar-refractivity contribution < 1.29 is 14.1 Å². The molecule has 102 valence electrons. The fourth-order valence-electron chi connectivity index (χ4n) is 2.11. The van der Waals surface area contributed by atoms with Crippen LogP contribution in [0, 0.1) is 21.8 Å². The number of hydrogen-bond donors (Lipinski definition) is 1. The van der Waals surface area contributed by atoms with Crippen LogP contribution in [0.3, 0.4) is 0 Å². The lowest BCUT2D eigenvalue weighted by molar-refractivity contribution is -0.384. The first-order valence-corrected chi connectivity index (χ1v) is 6.37. The van der Waals surface area contributed by atoms with Crippen molar-refractivity contribution in [3.8, 4) is 0 Å². The third-order valence-electron chi connectivity index (χ3n) is 3.01. The molecule has 2 rings (SSSR count). The third-order valence-corrected chi connectivity index (χ3v) is 3.62. The van der Waals surface area contributed by atoms with Crippen LogP contribution < -0.4 is 10.6 Å². The Kier molecular flexibility index (Phi) is 3.81. The van der Waals surface area contributed by atoms with E-state index in [4.69, 9.17) is 5.73 Å². The number of rotatable bonds is 3. The Balaban J connectivity index is 2.50. The molecule has 0 aliphatic carbocycles. The van der Waals surface area contributed by atoms with E-state index < -0.39 is 16.4 Å². The highest BCUT2D eigenvalue weighted by Gasteiger charge is 2.35. The van der Waals surface area contributed by atoms with Crippen molar-refractivity contribution in [3.63, 3.8) is 0 Å². The van der Waals surface area contributed by atoms with E-state index in [9.17, 15) is 19.3 Å². The van der Waals surface area contributed by atoms with Crippen LogP contribution in [0.2, 0.25) is 0 Å². The Labute approximate surface area is 116 Å². The van der Waals surface area contributed by atoms with Crippen LogP contribution in [0.5, 0.6) is 0 Å². The van der Waals surface area contributed by atoms with Crippen molar-refractivity contribution in [3.05, 3.63) is 32.5 Å². The Morgan fingerprint density at radius 1 is 1.58 bits per heavy atom. The first kappa shape index (κ1) is 13.9. The van der Waals surface area contributed by atoms with Gasteiger partial charge in [-0.3, -0.25) is 14.9 Å². The first-order chi connectivity index (χ1) is 8.93. The molecule has 1 unspecified atom stereocenters. The lowest BCUT2D eigenvalue weighted by Crippen LogP contribution is -2.27. The number of amides is 1. The molecule has 2 N–H and O–H groups in total. The summed E-state index contributed by atoms with van der Waals surface area (Å²) in [5.74, 6) is -1.01. The summed E-state index contributed by atoms with van der Waals surface area (Å²) >= 11 is 3.08. The molecule has 0 bridgehead atoms. The average Bonchev–Trinajstić information content (AvgIpc) is 2.69. The van der Waals surface area contributed by atoms with E-state index in [1.807, 2.05) is 0 Å². The Bertz CT molecular complexity index is 552. The minimum Gasteiger partial charge on any atom is -0.330 e. The van der Waals surface area contributed by atoms with E-state index in [0.717, 1.165) is 12.1 Å². The predicted octanol–water partition coefficient (Wildman–Crippen LogP) is 1.81. The summed E-state index contributed by atoms with van der Waals surface area (Å²) in [6.45, 7) is 0.634. The molecule has 1 heterocycles. The molecule has 1 aromatic rings. The Morgan fingerprint density at radius 2 is 2.26 bits per heavy atom. The summed E-state index contributed by atoms with van der Waals surface area (Å²) in [6, 6.07) is 1.91. The van der Waals surface area contributed by atoms with E-state index in [0.29, 0.717) is 13.1 Å². The summed E-state index contributed by atoms with van der Waals surface area (Å²) in [4.78, 5) is 23.5. The summed E-state index contributed by atoms with van der Waals surface area (Å²) in [7, 11) is 0. The van der Waals surface area contributed by atoms with Gasteiger partial charge in [0.15, 0.2) is 0 Å². The number of halogens is 2. The minimum absolute atomic E-state index is 0.0379. The van der Waals surface area contributed by atoms with Gasteiger partial charge in [-0.25, -0.2) is 4.39 Å². The van der Waals surface area contributed by atoms with Crippen LogP contribution >= 0.6 is 15.9 Å². The molecule has 1 aliphatic heterocycles. The summed E-state index contributed by atoms with van der Waals surface area (Å²) in [6.07, 6.45) is 0.247. The largest absolute Gasteiger partial charge is 0.330 e. The summed E-state index contributed by atoms with van der Waals surface area (Å²) < 4.78 is 13.4. The second kappa shape index (κ2) is 5.22. The maximum Gasteiger partial charge on any atom is 0.297 e. The maximum absolute atomic E-state index is 13.2. The molecule has 19 heavy (non-hydrogen) atoms. The van der Waals surface area contributed by atoms with Crippen LogP contribution in [0.1, 0.15) is 6.42 Å². The monoisotopic (exact) mass is 331 g/mol. The van der Waals surface area contributed by atoms with Gasteiger partial charge in [0, 0.05) is 13.0 Å². The van der Waals surface area contributed by atoms with Crippen molar-refractivity contribution in [2.75, 3.05) is 18.0 Å². The lowest BCUT2D eigenvalue weighted by Gasteiger charge is -2.18. The number of nitrogens with two attached hydrogens (primary N) is 1. The van der Waals surface area contributed by atoms with Gasteiger partial charge in [-0.2, -0.15) is 0 Å². The van der Waals surface area contributed by atoms with E-state index in [1.54, 1.807) is 0 Å². The summed E-state index contributed by atoms with van der Waals surface area (Å²) in [5.41, 5.74) is 5.17. The van der Waals surface area contributed by atoms with Crippen LogP contribution in [0.4, 0.5) is 15.8 Å². The van der Waals surface area contributed by atoms with Crippen molar-refractivity contribution >= 4 is 33.2 Å². The highest BCUT2D eigenvalue weighted by molar-refractivity contribution is 9.10. The molecule has 1 amide bonds. The van der Waals surface area contributed by atoms with Gasteiger partial charge in [-0.15, -0.1) is 0 Å². The fraction of sp³-hybridized carbons (Fsp3) is 0.364. The van der Waals surface area contributed by atoms with Gasteiger partial charge in [0.2, 0.25) is 5.91 Å². The predicted molar refractivity (Wildman–Crippen MR) is 70.3 cm³/mol. The lowest BCUT2D eigenvalue weighted by atomic mass is 10.1. The topological polar surface area (TPSA) is 89.5 Å². The number of nitro benzene ring substituents is 1. The van der Waals surface area contributed by atoms with Crippen molar-refractivity contribution in [1.29, 1.82) is 0 Å². The molecule has 0 spiro atoms. The molecule has 0 saturated carbocycles. The van der Waals surface area contributed by atoms with E-state index >= 15 is 0 Å². The molecule has 1 saturated heterocycles. The number of carbonyl (C=O) groups excluding carboxylic acids is 1.